The van der Waals surface area contributed by atoms with Crippen molar-refractivity contribution in [1.29, 1.82) is 0 Å². The van der Waals surface area contributed by atoms with E-state index in [0.717, 1.165) is 4.88 Å². The van der Waals surface area contributed by atoms with Gasteiger partial charge in [-0.3, -0.25) is 9.59 Å². The molecule has 18 heavy (non-hydrogen) atoms. The van der Waals surface area contributed by atoms with Crippen molar-refractivity contribution in [3.8, 4) is 0 Å². The maximum Gasteiger partial charge on any atom is 0.315 e. The molecular formula is C12H18N2O3S. The van der Waals surface area contributed by atoms with Crippen molar-refractivity contribution in [2.75, 3.05) is 20.6 Å². The van der Waals surface area contributed by atoms with E-state index in [-0.39, 0.29) is 6.04 Å². The Kier molecular flexibility index (Phi) is 5.30. The van der Waals surface area contributed by atoms with E-state index < -0.39 is 17.8 Å². The lowest BCUT2D eigenvalue weighted by Gasteiger charge is -2.24. The third-order valence-corrected chi connectivity index (χ3v) is 3.70. The number of carboxylic acids is 1. The molecule has 1 heterocycles. The lowest BCUT2D eigenvalue weighted by Crippen LogP contribution is -2.38. The molecule has 1 aromatic heterocycles. The van der Waals surface area contributed by atoms with E-state index >= 15 is 0 Å². The van der Waals surface area contributed by atoms with Crippen molar-refractivity contribution >= 4 is 23.2 Å². The molecule has 0 radical (unpaired) electrons. The zero-order valence-electron chi connectivity index (χ0n) is 10.7. The van der Waals surface area contributed by atoms with Crippen LogP contribution in [0.25, 0.3) is 0 Å². The Morgan fingerprint density at radius 3 is 2.61 bits per heavy atom. The maximum atomic E-state index is 11.6. The van der Waals surface area contributed by atoms with E-state index in [9.17, 15) is 9.59 Å². The zero-order chi connectivity index (χ0) is 13.7. The van der Waals surface area contributed by atoms with Crippen LogP contribution in [0, 0.1) is 5.92 Å². The van der Waals surface area contributed by atoms with Gasteiger partial charge in [0.05, 0.1) is 6.04 Å². The number of thiophene rings is 1. The second-order valence-electron chi connectivity index (χ2n) is 4.30. The van der Waals surface area contributed by atoms with Gasteiger partial charge in [-0.05, 0) is 32.5 Å². The molecule has 0 aromatic carbocycles. The maximum absolute atomic E-state index is 11.6. The summed E-state index contributed by atoms with van der Waals surface area (Å²) in [6.45, 7) is 1.79. The van der Waals surface area contributed by atoms with Gasteiger partial charge >= 0.3 is 5.97 Å². The van der Waals surface area contributed by atoms with Crippen LogP contribution in [-0.2, 0) is 9.59 Å². The van der Waals surface area contributed by atoms with E-state index in [0.29, 0.717) is 6.54 Å². The number of nitrogens with zero attached hydrogens (tertiary/aromatic N) is 1. The third kappa shape index (κ3) is 3.82. The summed E-state index contributed by atoms with van der Waals surface area (Å²) in [7, 11) is 3.86. The minimum atomic E-state index is -1.11. The highest BCUT2D eigenvalue weighted by atomic mass is 32.1. The van der Waals surface area contributed by atoms with Gasteiger partial charge in [-0.15, -0.1) is 11.3 Å². The van der Waals surface area contributed by atoms with Crippen molar-refractivity contribution < 1.29 is 14.7 Å². The van der Waals surface area contributed by atoms with Crippen LogP contribution in [0.5, 0.6) is 0 Å². The van der Waals surface area contributed by atoms with E-state index in [2.05, 4.69) is 5.32 Å². The minimum absolute atomic E-state index is 0.0648. The van der Waals surface area contributed by atoms with Gasteiger partial charge in [0, 0.05) is 11.4 Å². The standard InChI is InChI=1S/C12H18N2O3S/c1-8(12(16)17)11(15)13-7-9(14(2)3)10-5-4-6-18-10/h4-6,8-9H,7H2,1-3H3,(H,13,15)(H,16,17). The molecule has 0 fully saturated rings. The van der Waals surface area contributed by atoms with Gasteiger partial charge in [0.1, 0.15) is 5.92 Å². The first-order chi connectivity index (χ1) is 8.43. The molecule has 1 aromatic rings. The normalized spacial score (nSPS) is 14.2. The van der Waals surface area contributed by atoms with Gasteiger partial charge in [0.25, 0.3) is 0 Å². The number of carbonyl (C=O) groups excluding carboxylic acids is 1. The average molecular weight is 270 g/mol. The molecule has 2 N–H and O–H groups in total. The first kappa shape index (κ1) is 14.7. The second kappa shape index (κ2) is 6.51. The van der Waals surface area contributed by atoms with Gasteiger partial charge in [0.15, 0.2) is 0 Å². The third-order valence-electron chi connectivity index (χ3n) is 2.73. The second-order valence-corrected chi connectivity index (χ2v) is 5.28. The molecule has 0 aliphatic heterocycles. The fourth-order valence-corrected chi connectivity index (χ4v) is 2.40. The lowest BCUT2D eigenvalue weighted by molar-refractivity contribution is -0.146. The Bertz CT molecular complexity index is 403. The number of carboxylic acid groups (broad SMARTS) is 1. The zero-order valence-corrected chi connectivity index (χ0v) is 11.5. The number of likely N-dealkylation sites (N-methyl/N-ethyl adjacent to an activating group) is 1. The summed E-state index contributed by atoms with van der Waals surface area (Å²) >= 11 is 1.62. The lowest BCUT2D eigenvalue weighted by atomic mass is 10.1. The molecule has 1 amide bonds. The molecule has 100 valence electrons. The monoisotopic (exact) mass is 270 g/mol. The smallest absolute Gasteiger partial charge is 0.315 e. The quantitative estimate of drug-likeness (QED) is 0.762. The molecule has 0 aliphatic carbocycles. The first-order valence-corrected chi connectivity index (χ1v) is 6.51. The van der Waals surface area contributed by atoms with Gasteiger partial charge in [-0.25, -0.2) is 0 Å². The highest BCUT2D eigenvalue weighted by molar-refractivity contribution is 7.10. The van der Waals surface area contributed by atoms with E-state index in [1.54, 1.807) is 11.3 Å². The summed E-state index contributed by atoms with van der Waals surface area (Å²) in [5.41, 5.74) is 0. The molecule has 6 heteroatoms. The van der Waals surface area contributed by atoms with Gasteiger partial charge < -0.3 is 15.3 Å². The van der Waals surface area contributed by atoms with Crippen LogP contribution in [0.1, 0.15) is 17.8 Å². The molecule has 0 saturated heterocycles. The molecular weight excluding hydrogens is 252 g/mol. The first-order valence-electron chi connectivity index (χ1n) is 5.63. The number of hydrogen-bond acceptors (Lipinski definition) is 4. The Balaban J connectivity index is 2.59. The van der Waals surface area contributed by atoms with Crippen molar-refractivity contribution in [3.63, 3.8) is 0 Å². The molecule has 0 aliphatic rings. The van der Waals surface area contributed by atoms with Crippen molar-refractivity contribution in [2.45, 2.75) is 13.0 Å². The van der Waals surface area contributed by atoms with Gasteiger partial charge in [0.2, 0.25) is 5.91 Å². The number of aliphatic carboxylic acids is 1. The Morgan fingerprint density at radius 1 is 1.50 bits per heavy atom. The van der Waals surface area contributed by atoms with Crippen LogP contribution < -0.4 is 5.32 Å². The van der Waals surface area contributed by atoms with Crippen molar-refractivity contribution in [3.05, 3.63) is 22.4 Å². The average Bonchev–Trinajstić information content (AvgIpc) is 2.81. The Labute approximate surface area is 110 Å². The molecule has 0 saturated carbocycles. The SMILES string of the molecule is CC(C(=O)O)C(=O)NCC(c1cccs1)N(C)C. The van der Waals surface area contributed by atoms with Crippen molar-refractivity contribution in [1.82, 2.24) is 10.2 Å². The van der Waals surface area contributed by atoms with Gasteiger partial charge in [-0.2, -0.15) is 0 Å². The summed E-state index contributed by atoms with van der Waals surface area (Å²) in [5.74, 6) is -2.58. The predicted octanol–water partition coefficient (Wildman–Crippen LogP) is 1.19. The summed E-state index contributed by atoms with van der Waals surface area (Å²) in [5, 5.41) is 13.4. The topological polar surface area (TPSA) is 69.6 Å². The fourth-order valence-electron chi connectivity index (χ4n) is 1.48. The van der Waals surface area contributed by atoms with Crippen LogP contribution in [0.4, 0.5) is 0 Å². The largest absolute Gasteiger partial charge is 0.481 e. The molecule has 5 nitrogen and oxygen atoms in total. The highest BCUT2D eigenvalue weighted by Crippen LogP contribution is 2.22. The number of rotatable bonds is 6. The predicted molar refractivity (Wildman–Crippen MR) is 70.6 cm³/mol. The van der Waals surface area contributed by atoms with Gasteiger partial charge in [-0.1, -0.05) is 6.07 Å². The fraction of sp³-hybridized carbons (Fsp3) is 0.500. The van der Waals surface area contributed by atoms with E-state index in [1.807, 2.05) is 36.5 Å². The van der Waals surface area contributed by atoms with E-state index in [4.69, 9.17) is 5.11 Å². The molecule has 2 atom stereocenters. The minimum Gasteiger partial charge on any atom is -0.481 e. The number of amides is 1. The van der Waals surface area contributed by atoms with Crippen molar-refractivity contribution in [2.24, 2.45) is 5.92 Å². The Hall–Kier alpha value is -1.40. The van der Waals surface area contributed by atoms with Crippen LogP contribution >= 0.6 is 11.3 Å². The number of hydrogen-bond donors (Lipinski definition) is 2. The van der Waals surface area contributed by atoms with Crippen LogP contribution in [0.15, 0.2) is 17.5 Å². The molecule has 0 bridgehead atoms. The van der Waals surface area contributed by atoms with E-state index in [1.165, 1.54) is 6.92 Å². The summed E-state index contributed by atoms with van der Waals surface area (Å²) < 4.78 is 0. The van der Waals surface area contributed by atoms with Crippen LogP contribution in [0.2, 0.25) is 0 Å². The molecule has 0 spiro atoms. The number of nitrogens with one attached hydrogen (secondary N) is 1. The van der Waals surface area contributed by atoms with Crippen LogP contribution in [0.3, 0.4) is 0 Å². The summed E-state index contributed by atoms with van der Waals surface area (Å²) in [6, 6.07) is 4.02. The molecule has 2 unspecified atom stereocenters. The summed E-state index contributed by atoms with van der Waals surface area (Å²) in [6.07, 6.45) is 0. The number of carbonyl (C=O) groups is 2. The summed E-state index contributed by atoms with van der Waals surface area (Å²) in [4.78, 5) is 25.4. The molecule has 1 rings (SSSR count). The highest BCUT2D eigenvalue weighted by Gasteiger charge is 2.22. The Morgan fingerprint density at radius 2 is 2.17 bits per heavy atom. The van der Waals surface area contributed by atoms with Crippen LogP contribution in [-0.4, -0.2) is 42.5 Å².